The van der Waals surface area contributed by atoms with Gasteiger partial charge in [0.25, 0.3) is 0 Å². The number of nitrogens with one attached hydrogen (secondary N) is 1. The Hall–Kier alpha value is -1.79. The first-order valence-electron chi connectivity index (χ1n) is 8.87. The highest BCUT2D eigenvalue weighted by atomic mass is 16.7. The summed E-state index contributed by atoms with van der Waals surface area (Å²) in [5, 5.41) is 13.6. The monoisotopic (exact) mass is 349 g/mol. The van der Waals surface area contributed by atoms with Gasteiger partial charge in [-0.3, -0.25) is 0 Å². The van der Waals surface area contributed by atoms with Crippen molar-refractivity contribution in [2.24, 2.45) is 0 Å². The SMILES string of the molecule is CC(C)(C)OC(=O)O[C@H]1CN[C@H](Cc2ccc(OC3CC3)cc2)[C@@H]1O. The number of carbonyl (C=O) groups excluding carboxylic acids is 1. The van der Waals surface area contributed by atoms with E-state index in [1.54, 1.807) is 20.8 Å². The van der Waals surface area contributed by atoms with Crippen LogP contribution < -0.4 is 10.1 Å². The molecular formula is C19H27NO5. The molecule has 1 saturated carbocycles. The molecule has 0 aromatic heterocycles. The van der Waals surface area contributed by atoms with Crippen molar-refractivity contribution in [1.29, 1.82) is 0 Å². The Morgan fingerprint density at radius 3 is 2.52 bits per heavy atom. The van der Waals surface area contributed by atoms with E-state index < -0.39 is 24.0 Å². The molecule has 2 aliphatic rings. The van der Waals surface area contributed by atoms with Gasteiger partial charge in [-0.25, -0.2) is 4.79 Å². The predicted molar refractivity (Wildman–Crippen MR) is 92.7 cm³/mol. The van der Waals surface area contributed by atoms with Crippen molar-refractivity contribution in [3.8, 4) is 5.75 Å². The van der Waals surface area contributed by atoms with Gasteiger partial charge >= 0.3 is 6.16 Å². The summed E-state index contributed by atoms with van der Waals surface area (Å²) < 4.78 is 16.1. The molecule has 138 valence electrons. The molecule has 3 rings (SSSR count). The van der Waals surface area contributed by atoms with Gasteiger partial charge in [-0.2, -0.15) is 0 Å². The fourth-order valence-electron chi connectivity index (χ4n) is 2.81. The predicted octanol–water partition coefficient (Wildman–Crippen LogP) is 2.42. The smallest absolute Gasteiger partial charge is 0.490 e. The van der Waals surface area contributed by atoms with Crippen molar-refractivity contribution in [3.63, 3.8) is 0 Å². The van der Waals surface area contributed by atoms with Crippen LogP contribution in [-0.4, -0.2) is 47.8 Å². The van der Waals surface area contributed by atoms with Crippen LogP contribution in [0.15, 0.2) is 24.3 Å². The zero-order chi connectivity index (χ0) is 18.0. The van der Waals surface area contributed by atoms with Crippen LogP contribution in [0.1, 0.15) is 39.2 Å². The summed E-state index contributed by atoms with van der Waals surface area (Å²) in [6.45, 7) is 5.74. The second-order valence-corrected chi connectivity index (χ2v) is 7.79. The largest absolute Gasteiger partial charge is 0.509 e. The van der Waals surface area contributed by atoms with Crippen LogP contribution in [-0.2, 0) is 15.9 Å². The molecule has 3 atom stereocenters. The summed E-state index contributed by atoms with van der Waals surface area (Å²) in [5.74, 6) is 0.886. The number of ether oxygens (including phenoxy) is 3. The highest BCUT2D eigenvalue weighted by molar-refractivity contribution is 5.60. The van der Waals surface area contributed by atoms with Crippen LogP contribution in [0.2, 0.25) is 0 Å². The van der Waals surface area contributed by atoms with Crippen LogP contribution in [0, 0.1) is 0 Å². The lowest BCUT2D eigenvalue weighted by Crippen LogP contribution is -2.37. The van der Waals surface area contributed by atoms with E-state index in [1.165, 1.54) is 0 Å². The van der Waals surface area contributed by atoms with E-state index in [0.29, 0.717) is 19.1 Å². The molecule has 1 aromatic carbocycles. The number of hydrogen-bond acceptors (Lipinski definition) is 6. The molecule has 1 aliphatic carbocycles. The Kier molecular flexibility index (Phi) is 5.20. The van der Waals surface area contributed by atoms with Crippen molar-refractivity contribution in [2.45, 2.75) is 70.0 Å². The third-order valence-electron chi connectivity index (χ3n) is 4.22. The van der Waals surface area contributed by atoms with Crippen LogP contribution in [0.4, 0.5) is 4.79 Å². The third-order valence-corrected chi connectivity index (χ3v) is 4.22. The molecule has 6 nitrogen and oxygen atoms in total. The maximum Gasteiger partial charge on any atom is 0.509 e. The number of aliphatic hydroxyl groups is 1. The van der Waals surface area contributed by atoms with Gasteiger partial charge in [0.2, 0.25) is 0 Å². The molecule has 1 heterocycles. The summed E-state index contributed by atoms with van der Waals surface area (Å²) in [5.41, 5.74) is 0.482. The standard InChI is InChI=1S/C19H27NO5/c1-19(2,3)25-18(22)24-16-11-20-15(17(16)21)10-12-4-6-13(7-5-12)23-14-8-9-14/h4-7,14-17,20-21H,8-11H2,1-3H3/t15-,16+,17+/m1/s1. The first kappa shape index (κ1) is 18.0. The lowest BCUT2D eigenvalue weighted by atomic mass is 10.0. The minimum atomic E-state index is -0.769. The number of carbonyl (C=O) groups is 1. The van der Waals surface area contributed by atoms with Gasteiger partial charge in [-0.15, -0.1) is 0 Å². The van der Waals surface area contributed by atoms with E-state index >= 15 is 0 Å². The maximum absolute atomic E-state index is 11.8. The molecule has 2 N–H and O–H groups in total. The Morgan fingerprint density at radius 1 is 1.24 bits per heavy atom. The van der Waals surface area contributed by atoms with Crippen molar-refractivity contribution < 1.29 is 24.1 Å². The van der Waals surface area contributed by atoms with E-state index in [2.05, 4.69) is 5.32 Å². The van der Waals surface area contributed by atoms with Gasteiger partial charge < -0.3 is 24.6 Å². The molecule has 25 heavy (non-hydrogen) atoms. The minimum absolute atomic E-state index is 0.164. The van der Waals surface area contributed by atoms with E-state index in [0.717, 1.165) is 24.2 Å². The van der Waals surface area contributed by atoms with Crippen LogP contribution in [0.5, 0.6) is 5.75 Å². The van der Waals surface area contributed by atoms with Gasteiger partial charge in [0, 0.05) is 12.6 Å². The first-order chi connectivity index (χ1) is 11.8. The highest BCUT2D eigenvalue weighted by Gasteiger charge is 2.38. The van der Waals surface area contributed by atoms with Gasteiger partial charge in [-0.05, 0) is 57.7 Å². The van der Waals surface area contributed by atoms with E-state index in [9.17, 15) is 9.90 Å². The maximum atomic E-state index is 11.8. The van der Waals surface area contributed by atoms with E-state index in [-0.39, 0.29) is 6.04 Å². The molecule has 0 radical (unpaired) electrons. The molecular weight excluding hydrogens is 322 g/mol. The van der Waals surface area contributed by atoms with E-state index in [1.807, 2.05) is 24.3 Å². The van der Waals surface area contributed by atoms with E-state index in [4.69, 9.17) is 14.2 Å². The molecule has 0 spiro atoms. The van der Waals surface area contributed by atoms with Crippen molar-refractivity contribution in [3.05, 3.63) is 29.8 Å². The molecule has 0 unspecified atom stereocenters. The Bertz CT molecular complexity index is 591. The molecule has 1 aromatic rings. The number of aliphatic hydroxyl groups excluding tert-OH is 1. The molecule has 1 aliphatic heterocycles. The summed E-state index contributed by atoms with van der Waals surface area (Å²) in [6, 6.07) is 7.78. The number of benzene rings is 1. The second kappa shape index (κ2) is 7.22. The first-order valence-corrected chi connectivity index (χ1v) is 8.87. The topological polar surface area (TPSA) is 77.0 Å². The number of rotatable bonds is 5. The molecule has 0 amide bonds. The summed E-state index contributed by atoms with van der Waals surface area (Å²) in [7, 11) is 0. The molecule has 0 bridgehead atoms. The second-order valence-electron chi connectivity index (χ2n) is 7.79. The van der Waals surface area contributed by atoms with Crippen molar-refractivity contribution in [1.82, 2.24) is 5.32 Å². The summed E-state index contributed by atoms with van der Waals surface area (Å²) in [4.78, 5) is 11.8. The van der Waals surface area contributed by atoms with Crippen LogP contribution >= 0.6 is 0 Å². The minimum Gasteiger partial charge on any atom is -0.490 e. The van der Waals surface area contributed by atoms with Gasteiger partial charge in [0.15, 0.2) is 0 Å². The fourth-order valence-corrected chi connectivity index (χ4v) is 2.81. The fraction of sp³-hybridized carbons (Fsp3) is 0.632. The Balaban J connectivity index is 1.49. The third kappa shape index (κ3) is 5.34. The normalized spacial score (nSPS) is 26.3. The zero-order valence-electron chi connectivity index (χ0n) is 15.0. The van der Waals surface area contributed by atoms with Crippen LogP contribution in [0.25, 0.3) is 0 Å². The van der Waals surface area contributed by atoms with Gasteiger partial charge in [-0.1, -0.05) is 12.1 Å². The van der Waals surface area contributed by atoms with Crippen LogP contribution in [0.3, 0.4) is 0 Å². The Labute approximate surface area is 148 Å². The summed E-state index contributed by atoms with van der Waals surface area (Å²) >= 11 is 0. The summed E-state index contributed by atoms with van der Waals surface area (Å²) in [6.07, 6.45) is 1.19. The average Bonchev–Trinajstić information content (AvgIpc) is 3.27. The Morgan fingerprint density at radius 2 is 1.92 bits per heavy atom. The van der Waals surface area contributed by atoms with Crippen molar-refractivity contribution >= 4 is 6.16 Å². The van der Waals surface area contributed by atoms with Gasteiger partial charge in [0.05, 0.1) is 6.10 Å². The van der Waals surface area contributed by atoms with Crippen molar-refractivity contribution in [2.75, 3.05) is 6.54 Å². The molecule has 2 fully saturated rings. The zero-order valence-corrected chi connectivity index (χ0v) is 15.0. The average molecular weight is 349 g/mol. The quantitative estimate of drug-likeness (QED) is 0.795. The lowest BCUT2D eigenvalue weighted by molar-refractivity contribution is -0.0486. The lowest BCUT2D eigenvalue weighted by Gasteiger charge is -2.22. The number of hydrogen-bond donors (Lipinski definition) is 2. The van der Waals surface area contributed by atoms with Gasteiger partial charge in [0.1, 0.15) is 23.6 Å². The molecule has 1 saturated heterocycles. The highest BCUT2D eigenvalue weighted by Crippen LogP contribution is 2.27. The molecule has 6 heteroatoms.